The molecule has 0 unspecified atom stereocenters. The van der Waals surface area contributed by atoms with Crippen molar-refractivity contribution >= 4 is 17.5 Å². The Bertz CT molecular complexity index is 1250. The van der Waals surface area contributed by atoms with E-state index in [1.807, 2.05) is 38.1 Å². The van der Waals surface area contributed by atoms with Crippen LogP contribution in [-0.4, -0.2) is 21.6 Å². The normalized spacial score (nSPS) is 10.7. The Morgan fingerprint density at radius 1 is 0.875 bits per heavy atom. The molecule has 6 nitrogen and oxygen atoms in total. The third-order valence-corrected chi connectivity index (χ3v) is 5.22. The van der Waals surface area contributed by atoms with Crippen LogP contribution in [0.25, 0.3) is 11.3 Å². The summed E-state index contributed by atoms with van der Waals surface area (Å²) in [6, 6.07) is 22.6. The lowest BCUT2D eigenvalue weighted by Crippen LogP contribution is -2.13. The Kier molecular flexibility index (Phi) is 5.85. The maximum atomic E-state index is 13.1. The molecule has 0 saturated carbocycles. The number of aryl methyl sites for hydroxylation is 2. The standard InChI is InChI=1S/C26H24N4O2/c1-17-3-7-19(8-4-17)15-30-16-23(24(29-30)20-9-5-18(2)6-10-20)26(32)28-22-13-11-21(12-14-22)25(27)31/h3-14,16H,15H2,1-2H3,(H2,27,31)(H,28,32). The molecule has 0 aliphatic carbocycles. The zero-order valence-electron chi connectivity index (χ0n) is 18.0. The van der Waals surface area contributed by atoms with Gasteiger partial charge in [0.2, 0.25) is 5.91 Å². The van der Waals surface area contributed by atoms with Gasteiger partial charge in [-0.1, -0.05) is 59.7 Å². The summed E-state index contributed by atoms with van der Waals surface area (Å²) >= 11 is 0. The summed E-state index contributed by atoms with van der Waals surface area (Å²) < 4.78 is 1.78. The highest BCUT2D eigenvalue weighted by molar-refractivity contribution is 6.08. The SMILES string of the molecule is Cc1ccc(Cn2cc(C(=O)Nc3ccc(C(N)=O)cc3)c(-c3ccc(C)cc3)n2)cc1. The molecule has 0 fully saturated rings. The summed E-state index contributed by atoms with van der Waals surface area (Å²) in [5.74, 6) is -0.788. The van der Waals surface area contributed by atoms with Crippen molar-refractivity contribution in [1.82, 2.24) is 9.78 Å². The average molecular weight is 425 g/mol. The number of anilines is 1. The number of carbonyl (C=O) groups excluding carboxylic acids is 2. The first-order valence-electron chi connectivity index (χ1n) is 10.3. The second-order valence-electron chi connectivity index (χ2n) is 7.84. The Morgan fingerprint density at radius 3 is 2.06 bits per heavy atom. The van der Waals surface area contributed by atoms with Gasteiger partial charge in [-0.15, -0.1) is 0 Å². The molecule has 160 valence electrons. The number of rotatable bonds is 6. The van der Waals surface area contributed by atoms with Gasteiger partial charge in [0.05, 0.1) is 12.1 Å². The van der Waals surface area contributed by atoms with Crippen LogP contribution in [0.15, 0.2) is 79.0 Å². The number of nitrogens with one attached hydrogen (secondary N) is 1. The molecule has 6 heteroatoms. The van der Waals surface area contributed by atoms with Crippen LogP contribution < -0.4 is 11.1 Å². The van der Waals surface area contributed by atoms with Gasteiger partial charge >= 0.3 is 0 Å². The number of nitrogens with zero attached hydrogens (tertiary/aromatic N) is 2. The first kappa shape index (κ1) is 21.1. The first-order valence-corrected chi connectivity index (χ1v) is 10.3. The molecular weight excluding hydrogens is 400 g/mol. The van der Waals surface area contributed by atoms with Gasteiger partial charge in [0, 0.05) is 23.0 Å². The van der Waals surface area contributed by atoms with Crippen LogP contribution in [0.1, 0.15) is 37.4 Å². The summed E-state index contributed by atoms with van der Waals surface area (Å²) in [6.07, 6.45) is 1.77. The quantitative estimate of drug-likeness (QED) is 0.475. The lowest BCUT2D eigenvalue weighted by Gasteiger charge is -2.06. The van der Waals surface area contributed by atoms with Crippen molar-refractivity contribution in [2.75, 3.05) is 5.32 Å². The molecule has 1 aromatic heterocycles. The molecule has 0 radical (unpaired) electrons. The molecule has 4 aromatic rings. The molecule has 3 N–H and O–H groups in total. The van der Waals surface area contributed by atoms with E-state index in [0.29, 0.717) is 29.1 Å². The van der Waals surface area contributed by atoms with Crippen LogP contribution in [-0.2, 0) is 6.54 Å². The molecule has 3 aromatic carbocycles. The monoisotopic (exact) mass is 424 g/mol. The Balaban J connectivity index is 1.65. The van der Waals surface area contributed by atoms with Crippen molar-refractivity contribution in [2.24, 2.45) is 5.73 Å². The summed E-state index contributed by atoms with van der Waals surface area (Å²) in [7, 11) is 0. The molecule has 0 spiro atoms. The minimum absolute atomic E-state index is 0.275. The van der Waals surface area contributed by atoms with E-state index in [0.717, 1.165) is 16.7 Å². The molecule has 0 aliphatic rings. The zero-order valence-corrected chi connectivity index (χ0v) is 18.0. The van der Waals surface area contributed by atoms with Gasteiger partial charge in [-0.25, -0.2) is 0 Å². The van der Waals surface area contributed by atoms with Crippen LogP contribution >= 0.6 is 0 Å². The molecular formula is C26H24N4O2. The van der Waals surface area contributed by atoms with Gasteiger partial charge in [0.15, 0.2) is 0 Å². The average Bonchev–Trinajstić information content (AvgIpc) is 3.20. The second-order valence-corrected chi connectivity index (χ2v) is 7.84. The number of benzene rings is 3. The van der Waals surface area contributed by atoms with Crippen molar-refractivity contribution < 1.29 is 9.59 Å². The molecule has 0 aliphatic heterocycles. The van der Waals surface area contributed by atoms with E-state index >= 15 is 0 Å². The van der Waals surface area contributed by atoms with E-state index < -0.39 is 5.91 Å². The highest BCUT2D eigenvalue weighted by atomic mass is 16.2. The Hall–Kier alpha value is -4.19. The maximum Gasteiger partial charge on any atom is 0.259 e. The number of nitrogens with two attached hydrogens (primary N) is 1. The van der Waals surface area contributed by atoms with E-state index in [1.54, 1.807) is 35.1 Å². The summed E-state index contributed by atoms with van der Waals surface area (Å²) in [5.41, 5.74) is 11.6. The van der Waals surface area contributed by atoms with E-state index in [9.17, 15) is 9.59 Å². The van der Waals surface area contributed by atoms with Gasteiger partial charge in [0.25, 0.3) is 5.91 Å². The highest BCUT2D eigenvalue weighted by Gasteiger charge is 2.18. The lowest BCUT2D eigenvalue weighted by atomic mass is 10.1. The number of aromatic nitrogens is 2. The third kappa shape index (κ3) is 4.75. The lowest BCUT2D eigenvalue weighted by molar-refractivity contribution is 0.0998. The minimum atomic E-state index is -0.512. The number of hydrogen-bond donors (Lipinski definition) is 2. The predicted octanol–water partition coefficient (Wildman–Crippen LogP) is 4.57. The van der Waals surface area contributed by atoms with E-state index in [4.69, 9.17) is 10.8 Å². The molecule has 2 amide bonds. The fourth-order valence-corrected chi connectivity index (χ4v) is 3.39. The fraction of sp³-hybridized carbons (Fsp3) is 0.115. The molecule has 0 atom stereocenters. The number of carbonyl (C=O) groups is 2. The van der Waals surface area contributed by atoms with E-state index in [1.165, 1.54) is 5.56 Å². The van der Waals surface area contributed by atoms with E-state index in [2.05, 4.69) is 29.6 Å². The fourth-order valence-electron chi connectivity index (χ4n) is 3.39. The number of amides is 2. The topological polar surface area (TPSA) is 90.0 Å². The van der Waals surface area contributed by atoms with Crippen LogP contribution in [0.5, 0.6) is 0 Å². The van der Waals surface area contributed by atoms with E-state index in [-0.39, 0.29) is 5.91 Å². The van der Waals surface area contributed by atoms with Crippen molar-refractivity contribution in [3.05, 3.63) is 107 Å². The van der Waals surface area contributed by atoms with Crippen molar-refractivity contribution in [2.45, 2.75) is 20.4 Å². The minimum Gasteiger partial charge on any atom is -0.366 e. The number of primary amides is 1. The van der Waals surface area contributed by atoms with Gasteiger partial charge in [-0.2, -0.15) is 5.10 Å². The van der Waals surface area contributed by atoms with Gasteiger partial charge < -0.3 is 11.1 Å². The summed E-state index contributed by atoms with van der Waals surface area (Å²) in [4.78, 5) is 24.4. The van der Waals surface area contributed by atoms with Crippen LogP contribution in [0.3, 0.4) is 0 Å². The molecule has 0 saturated heterocycles. The molecule has 1 heterocycles. The van der Waals surface area contributed by atoms with Crippen LogP contribution in [0.2, 0.25) is 0 Å². The summed E-state index contributed by atoms with van der Waals surface area (Å²) in [6.45, 7) is 4.62. The Labute approximate surface area is 186 Å². The Morgan fingerprint density at radius 2 is 1.47 bits per heavy atom. The largest absolute Gasteiger partial charge is 0.366 e. The molecule has 4 rings (SSSR count). The van der Waals surface area contributed by atoms with Crippen molar-refractivity contribution in [1.29, 1.82) is 0 Å². The molecule has 0 bridgehead atoms. The third-order valence-electron chi connectivity index (χ3n) is 5.22. The molecule has 32 heavy (non-hydrogen) atoms. The first-order chi connectivity index (χ1) is 15.4. The van der Waals surface area contributed by atoms with Crippen LogP contribution in [0, 0.1) is 13.8 Å². The van der Waals surface area contributed by atoms with Crippen molar-refractivity contribution in [3.63, 3.8) is 0 Å². The second kappa shape index (κ2) is 8.89. The number of hydrogen-bond acceptors (Lipinski definition) is 3. The maximum absolute atomic E-state index is 13.1. The van der Waals surface area contributed by atoms with Crippen LogP contribution in [0.4, 0.5) is 5.69 Å². The highest BCUT2D eigenvalue weighted by Crippen LogP contribution is 2.24. The summed E-state index contributed by atoms with van der Waals surface area (Å²) in [5, 5.41) is 7.61. The smallest absolute Gasteiger partial charge is 0.259 e. The van der Waals surface area contributed by atoms with Gasteiger partial charge in [0.1, 0.15) is 5.69 Å². The van der Waals surface area contributed by atoms with Gasteiger partial charge in [-0.3, -0.25) is 14.3 Å². The predicted molar refractivity (Wildman–Crippen MR) is 126 cm³/mol. The zero-order chi connectivity index (χ0) is 22.7. The van der Waals surface area contributed by atoms with Crippen molar-refractivity contribution in [3.8, 4) is 11.3 Å². The van der Waals surface area contributed by atoms with Gasteiger partial charge in [-0.05, 0) is 43.7 Å².